The number of aryl methyl sites for hydroxylation is 2. The highest BCUT2D eigenvalue weighted by Gasteiger charge is 2.43. The molecule has 2 aromatic carbocycles. The lowest BCUT2D eigenvalue weighted by Gasteiger charge is -2.25. The molecule has 0 aliphatic heterocycles. The maximum absolute atomic E-state index is 12.9. The highest BCUT2D eigenvalue weighted by atomic mass is 32.2. The first-order valence-electron chi connectivity index (χ1n) is 9.97. The maximum atomic E-state index is 12.9. The third-order valence-electron chi connectivity index (χ3n) is 5.90. The van der Waals surface area contributed by atoms with Crippen molar-refractivity contribution >= 4 is 26.5 Å². The van der Waals surface area contributed by atoms with E-state index in [2.05, 4.69) is 31.2 Å². The van der Waals surface area contributed by atoms with Gasteiger partial charge in [0.2, 0.25) is 0 Å². The van der Waals surface area contributed by atoms with Crippen LogP contribution in [-0.4, -0.2) is 35.1 Å². The molecule has 1 aromatic heterocycles. The van der Waals surface area contributed by atoms with Crippen LogP contribution in [0.4, 0.5) is 0 Å². The van der Waals surface area contributed by atoms with Gasteiger partial charge in [-0.2, -0.15) is 0 Å². The number of nitrogens with one attached hydrogen (secondary N) is 1. The van der Waals surface area contributed by atoms with E-state index >= 15 is 0 Å². The van der Waals surface area contributed by atoms with Gasteiger partial charge in [0.05, 0.1) is 0 Å². The summed E-state index contributed by atoms with van der Waals surface area (Å²) in [5.41, 5.74) is 4.45. The molecular formula is C23H26N2O5S. The molecule has 8 heteroatoms. The normalized spacial score (nSPS) is 13.7. The molecule has 3 aromatic rings. The molecule has 1 heterocycles. The fraction of sp³-hybridized carbons (Fsp3) is 0.304. The molecule has 3 rings (SSSR count). The Morgan fingerprint density at radius 2 is 1.74 bits per heavy atom. The Morgan fingerprint density at radius 1 is 1.10 bits per heavy atom. The molecule has 0 bridgehead atoms. The molecule has 0 aliphatic rings. The van der Waals surface area contributed by atoms with Gasteiger partial charge in [-0.05, 0) is 60.0 Å². The molecule has 0 unspecified atom stereocenters. The molecule has 0 radical (unpaired) electrons. The summed E-state index contributed by atoms with van der Waals surface area (Å²) in [6.45, 7) is 3.34. The fourth-order valence-corrected chi connectivity index (χ4v) is 4.34. The van der Waals surface area contributed by atoms with E-state index in [1.807, 2.05) is 12.1 Å². The molecule has 2 N–H and O–H groups in total. The van der Waals surface area contributed by atoms with Gasteiger partial charge in [-0.1, -0.05) is 37.3 Å². The molecule has 7 nitrogen and oxygen atoms in total. The lowest BCUT2D eigenvalue weighted by molar-refractivity contribution is -0.131. The first-order chi connectivity index (χ1) is 14.6. The number of fused-ring (bicyclic) bond motifs is 1. The zero-order chi connectivity index (χ0) is 22.8. The number of rotatable bonds is 7. The van der Waals surface area contributed by atoms with Crippen LogP contribution in [0.2, 0.25) is 0 Å². The minimum atomic E-state index is -3.83. The number of amides is 1. The van der Waals surface area contributed by atoms with Crippen molar-refractivity contribution in [3.8, 4) is 11.1 Å². The standard InChI is InChI=1S/C23H26N2O5S/c1-4-16-5-7-17(8-6-16)18-9-10-20-19(15-18)11-13-25(21(20)26)14-12-23(2,22(27)24-28)31(3,29)30/h5-11,13,15,28H,4,12,14H2,1-3H3,(H,24,27)/t23-/m1/s1. The van der Waals surface area contributed by atoms with Gasteiger partial charge in [0.25, 0.3) is 11.5 Å². The summed E-state index contributed by atoms with van der Waals surface area (Å²) < 4.78 is 23.8. The van der Waals surface area contributed by atoms with E-state index in [0.29, 0.717) is 5.39 Å². The second-order valence-electron chi connectivity index (χ2n) is 7.86. The lowest BCUT2D eigenvalue weighted by Crippen LogP contribution is -2.49. The van der Waals surface area contributed by atoms with Crippen molar-refractivity contribution in [2.45, 2.75) is 38.0 Å². The van der Waals surface area contributed by atoms with Gasteiger partial charge >= 0.3 is 0 Å². The molecule has 0 fully saturated rings. The summed E-state index contributed by atoms with van der Waals surface area (Å²) in [6.07, 6.45) is 3.33. The number of hydroxylamine groups is 1. The largest absolute Gasteiger partial charge is 0.315 e. The van der Waals surface area contributed by atoms with Crippen LogP contribution < -0.4 is 11.0 Å². The summed E-state index contributed by atoms with van der Waals surface area (Å²) in [4.78, 5) is 24.9. The minimum absolute atomic E-state index is 0.00595. The van der Waals surface area contributed by atoms with Crippen LogP contribution >= 0.6 is 0 Å². The Morgan fingerprint density at radius 3 is 2.32 bits per heavy atom. The second kappa shape index (κ2) is 8.64. The molecule has 1 atom stereocenters. The van der Waals surface area contributed by atoms with Gasteiger partial charge in [0.1, 0.15) is 0 Å². The van der Waals surface area contributed by atoms with Crippen LogP contribution in [0.1, 0.15) is 25.8 Å². The number of hydrogen-bond acceptors (Lipinski definition) is 5. The third-order valence-corrected chi connectivity index (χ3v) is 7.93. The van der Waals surface area contributed by atoms with Crippen molar-refractivity contribution in [2.75, 3.05) is 6.26 Å². The predicted molar refractivity (Wildman–Crippen MR) is 121 cm³/mol. The average Bonchev–Trinajstić information content (AvgIpc) is 2.76. The number of carbonyl (C=O) groups excluding carboxylic acids is 1. The Labute approximate surface area is 181 Å². The summed E-state index contributed by atoms with van der Waals surface area (Å²) in [5, 5.41) is 10.2. The van der Waals surface area contributed by atoms with Crippen molar-refractivity contribution in [2.24, 2.45) is 0 Å². The first-order valence-corrected chi connectivity index (χ1v) is 11.9. The van der Waals surface area contributed by atoms with Crippen LogP contribution in [0, 0.1) is 0 Å². The molecule has 0 spiro atoms. The van der Waals surface area contributed by atoms with Gasteiger partial charge in [-0.3, -0.25) is 14.8 Å². The number of nitrogens with zero attached hydrogens (tertiary/aromatic N) is 1. The molecule has 0 saturated heterocycles. The number of pyridine rings is 1. The van der Waals surface area contributed by atoms with E-state index in [4.69, 9.17) is 5.21 Å². The second-order valence-corrected chi connectivity index (χ2v) is 10.3. The van der Waals surface area contributed by atoms with Crippen LogP contribution in [0.5, 0.6) is 0 Å². The van der Waals surface area contributed by atoms with Crippen LogP contribution in [0.15, 0.2) is 59.5 Å². The summed E-state index contributed by atoms with van der Waals surface area (Å²) in [6, 6.07) is 15.7. The van der Waals surface area contributed by atoms with Crippen LogP contribution in [-0.2, 0) is 27.6 Å². The van der Waals surface area contributed by atoms with Gasteiger partial charge in [0.15, 0.2) is 14.6 Å². The van der Waals surface area contributed by atoms with Gasteiger partial charge < -0.3 is 4.57 Å². The maximum Gasteiger partial charge on any atom is 0.264 e. The van der Waals surface area contributed by atoms with Crippen molar-refractivity contribution in [3.63, 3.8) is 0 Å². The predicted octanol–water partition coefficient (Wildman–Crippen LogP) is 2.93. The first kappa shape index (κ1) is 22.7. The number of carbonyl (C=O) groups is 1. The molecule has 164 valence electrons. The molecule has 0 aliphatic carbocycles. The summed E-state index contributed by atoms with van der Waals surface area (Å²) in [5.74, 6) is -1.03. The van der Waals surface area contributed by atoms with Crippen molar-refractivity contribution < 1.29 is 18.4 Å². The molecule has 31 heavy (non-hydrogen) atoms. The average molecular weight is 443 g/mol. The van der Waals surface area contributed by atoms with Crippen molar-refractivity contribution in [1.29, 1.82) is 0 Å². The highest BCUT2D eigenvalue weighted by molar-refractivity contribution is 7.92. The van der Waals surface area contributed by atoms with Crippen LogP contribution in [0.25, 0.3) is 21.9 Å². The SMILES string of the molecule is CCc1ccc(-c2ccc3c(=O)n(CC[C@](C)(C(=O)NO)S(C)(=O)=O)ccc3c2)cc1. The van der Waals surface area contributed by atoms with Gasteiger partial charge in [-0.15, -0.1) is 0 Å². The zero-order valence-electron chi connectivity index (χ0n) is 17.8. The minimum Gasteiger partial charge on any atom is -0.315 e. The summed E-state index contributed by atoms with van der Waals surface area (Å²) in [7, 11) is -3.83. The Kier molecular flexibility index (Phi) is 6.33. The monoisotopic (exact) mass is 442 g/mol. The quantitative estimate of drug-likeness (QED) is 0.432. The molecular weight excluding hydrogens is 416 g/mol. The molecule has 0 saturated carbocycles. The number of aromatic nitrogens is 1. The van der Waals surface area contributed by atoms with Crippen LogP contribution in [0.3, 0.4) is 0 Å². The Bertz CT molecular complexity index is 1280. The zero-order valence-corrected chi connectivity index (χ0v) is 18.6. The van der Waals surface area contributed by atoms with E-state index in [1.165, 1.54) is 22.5 Å². The highest BCUT2D eigenvalue weighted by Crippen LogP contribution is 2.25. The number of benzene rings is 2. The van der Waals surface area contributed by atoms with E-state index in [1.54, 1.807) is 18.3 Å². The van der Waals surface area contributed by atoms with Crippen molar-refractivity contribution in [3.05, 3.63) is 70.6 Å². The number of sulfone groups is 1. The lowest BCUT2D eigenvalue weighted by atomic mass is 10.0. The number of hydrogen-bond donors (Lipinski definition) is 2. The third kappa shape index (κ3) is 4.40. The van der Waals surface area contributed by atoms with E-state index in [0.717, 1.165) is 29.2 Å². The summed E-state index contributed by atoms with van der Waals surface area (Å²) >= 11 is 0. The topological polar surface area (TPSA) is 105 Å². The smallest absolute Gasteiger partial charge is 0.264 e. The van der Waals surface area contributed by atoms with E-state index < -0.39 is 20.5 Å². The van der Waals surface area contributed by atoms with Gasteiger partial charge in [0, 0.05) is 24.4 Å². The fourth-order valence-electron chi connectivity index (χ4n) is 3.50. The van der Waals surface area contributed by atoms with E-state index in [-0.39, 0.29) is 18.5 Å². The van der Waals surface area contributed by atoms with Gasteiger partial charge in [-0.25, -0.2) is 13.9 Å². The van der Waals surface area contributed by atoms with E-state index in [9.17, 15) is 18.0 Å². The van der Waals surface area contributed by atoms with Crippen molar-refractivity contribution in [1.82, 2.24) is 10.0 Å². The Balaban J connectivity index is 1.92. The molecule has 1 amide bonds. The Hall–Kier alpha value is -2.97.